The molecule has 0 radical (unpaired) electrons. The molecule has 0 bridgehead atoms. The van der Waals surface area contributed by atoms with Crippen molar-refractivity contribution in [2.45, 2.75) is 164 Å². The molecule has 47 heavy (non-hydrogen) atoms. The number of nitrogens with one attached hydrogen (secondary N) is 3. The molecule has 0 aromatic carbocycles. The molecule has 0 unspecified atom stereocenters. The number of rotatable bonds is 33. The average Bonchev–Trinajstić information content (AvgIpc) is 3.03. The molecule has 0 aromatic rings. The van der Waals surface area contributed by atoms with Gasteiger partial charge in [-0.2, -0.15) is 15.8 Å². The molecule has 0 aromatic heterocycles. The first-order chi connectivity index (χ1) is 22.4. The molecule has 15 heteroatoms. The third kappa shape index (κ3) is 19.1. The summed E-state index contributed by atoms with van der Waals surface area (Å²) in [6, 6.07) is 6.35. The van der Waals surface area contributed by atoms with Crippen molar-refractivity contribution in [1.82, 2.24) is 14.2 Å². The maximum Gasteiger partial charge on any atom is 0.310 e. The zero-order valence-corrected chi connectivity index (χ0v) is 31.1. The Morgan fingerprint density at radius 2 is 0.574 bits per heavy atom. The van der Waals surface area contributed by atoms with E-state index in [9.17, 15) is 25.3 Å². The molecule has 3 N–H and O–H groups in total. The van der Waals surface area contributed by atoms with E-state index < -0.39 is 33.5 Å². The van der Waals surface area contributed by atoms with E-state index in [0.29, 0.717) is 57.8 Å². The Morgan fingerprint density at radius 3 is 0.787 bits per heavy atom. The van der Waals surface area contributed by atoms with Gasteiger partial charge in [-0.05, 0) is 45.4 Å². The second-order valence-electron chi connectivity index (χ2n) is 12.2. The summed E-state index contributed by atoms with van der Waals surface area (Å²) < 4.78 is 84.8. The standard InChI is InChI=1S/C32H60N6O6S3/c1-32(45(39,40)36-29-23-17-11-5-2-8-14-20-26-33,46(41,42)37-30-24-18-12-6-3-9-15-21-27-34)47(43,44)38-31-25-19-13-7-4-10-16-22-28-35/h36-38H,2-25,29-31H2,1H3. The van der Waals surface area contributed by atoms with Gasteiger partial charge >= 0.3 is 3.41 Å². The maximum absolute atomic E-state index is 13.5. The lowest BCUT2D eigenvalue weighted by Crippen LogP contribution is -2.62. The largest absolute Gasteiger partial charge is 0.310 e. The van der Waals surface area contributed by atoms with Gasteiger partial charge in [0, 0.05) is 38.9 Å². The molecule has 0 aliphatic rings. The van der Waals surface area contributed by atoms with Crippen LogP contribution in [0.15, 0.2) is 0 Å². The number of unbranched alkanes of at least 4 members (excludes halogenated alkanes) is 21. The normalized spacial score (nSPS) is 12.4. The van der Waals surface area contributed by atoms with E-state index in [1.54, 1.807) is 0 Å². The van der Waals surface area contributed by atoms with Gasteiger partial charge in [-0.3, -0.25) is 0 Å². The van der Waals surface area contributed by atoms with Crippen molar-refractivity contribution in [3.8, 4) is 18.2 Å². The van der Waals surface area contributed by atoms with Gasteiger partial charge in [0.25, 0.3) is 0 Å². The number of hydrogen-bond acceptors (Lipinski definition) is 9. The first-order valence-corrected chi connectivity index (χ1v) is 22.0. The summed E-state index contributed by atoms with van der Waals surface area (Å²) >= 11 is 0. The van der Waals surface area contributed by atoms with Gasteiger partial charge < -0.3 is 0 Å². The number of hydrogen-bond donors (Lipinski definition) is 3. The lowest BCUT2D eigenvalue weighted by Gasteiger charge is -2.29. The zero-order valence-electron chi connectivity index (χ0n) is 28.6. The predicted molar refractivity (Wildman–Crippen MR) is 187 cm³/mol. The fourth-order valence-electron chi connectivity index (χ4n) is 5.08. The SMILES string of the molecule is CC(S(=O)(=O)NCCCCCCCCCC#N)(S(=O)(=O)NCCCCCCCCCC#N)S(=O)(=O)NCCCCCCCCCC#N. The lowest BCUT2D eigenvalue weighted by atomic mass is 10.1. The van der Waals surface area contributed by atoms with Crippen LogP contribution in [0.4, 0.5) is 0 Å². The van der Waals surface area contributed by atoms with Crippen molar-refractivity contribution in [3.05, 3.63) is 0 Å². The van der Waals surface area contributed by atoms with Gasteiger partial charge in [0.1, 0.15) is 0 Å². The van der Waals surface area contributed by atoms with Crippen LogP contribution in [-0.4, -0.2) is 48.3 Å². The Morgan fingerprint density at radius 1 is 0.383 bits per heavy atom. The highest BCUT2D eigenvalue weighted by Gasteiger charge is 2.61. The second kappa shape index (κ2) is 27.1. The van der Waals surface area contributed by atoms with Crippen molar-refractivity contribution >= 4 is 30.1 Å². The number of sulfonamides is 3. The van der Waals surface area contributed by atoms with Crippen LogP contribution in [-0.2, 0) is 30.1 Å². The Hall–Kier alpha value is -1.80. The van der Waals surface area contributed by atoms with Gasteiger partial charge in [0.2, 0.25) is 30.1 Å². The van der Waals surface area contributed by atoms with Gasteiger partial charge in [-0.1, -0.05) is 96.3 Å². The lowest BCUT2D eigenvalue weighted by molar-refractivity contribution is 0.527. The molecule has 0 fully saturated rings. The molecule has 272 valence electrons. The van der Waals surface area contributed by atoms with Crippen LogP contribution < -0.4 is 14.2 Å². The molecule has 0 saturated carbocycles. The summed E-state index contributed by atoms with van der Waals surface area (Å²) in [6.45, 7) is 0.490. The molecular formula is C32H60N6O6S3. The summed E-state index contributed by atoms with van der Waals surface area (Å²) in [5.74, 6) is 0. The molecule has 0 amide bonds. The second-order valence-corrected chi connectivity index (χ2v) is 19.3. The van der Waals surface area contributed by atoms with E-state index in [1.807, 2.05) is 0 Å². The van der Waals surface area contributed by atoms with Gasteiger partial charge in [-0.25, -0.2) is 39.4 Å². The first kappa shape index (κ1) is 45.2. The maximum atomic E-state index is 13.5. The van der Waals surface area contributed by atoms with Crippen LogP contribution in [0.5, 0.6) is 0 Å². The molecule has 0 heterocycles. The monoisotopic (exact) mass is 720 g/mol. The highest BCUT2D eigenvalue weighted by molar-refractivity contribution is 8.24. The van der Waals surface area contributed by atoms with Gasteiger partial charge in [-0.15, -0.1) is 0 Å². The highest BCUT2D eigenvalue weighted by Crippen LogP contribution is 2.29. The van der Waals surface area contributed by atoms with Crippen LogP contribution in [0, 0.1) is 34.0 Å². The van der Waals surface area contributed by atoms with Crippen molar-refractivity contribution < 1.29 is 25.3 Å². The highest BCUT2D eigenvalue weighted by atomic mass is 32.3. The molecule has 0 spiro atoms. The summed E-state index contributed by atoms with van der Waals surface area (Å²) in [7, 11) is -14.7. The minimum absolute atomic E-state index is 0.0832. The first-order valence-electron chi connectivity index (χ1n) is 17.5. The Balaban J connectivity index is 5.21. The van der Waals surface area contributed by atoms with Crippen molar-refractivity contribution in [3.63, 3.8) is 0 Å². The van der Waals surface area contributed by atoms with Crippen molar-refractivity contribution in [1.29, 1.82) is 15.8 Å². The van der Waals surface area contributed by atoms with Crippen LogP contribution >= 0.6 is 0 Å². The van der Waals surface area contributed by atoms with Gasteiger partial charge in [0.15, 0.2) is 0 Å². The summed E-state index contributed by atoms with van der Waals surface area (Å²) in [4.78, 5) is 0. The predicted octanol–water partition coefficient (Wildman–Crippen LogP) is 6.35. The zero-order chi connectivity index (χ0) is 35.3. The third-order valence-corrected chi connectivity index (χ3v) is 16.9. The summed E-state index contributed by atoms with van der Waals surface area (Å²) in [5, 5.41) is 25.8. The smallest absolute Gasteiger partial charge is 0.213 e. The van der Waals surface area contributed by atoms with E-state index in [1.165, 1.54) is 0 Å². The van der Waals surface area contributed by atoms with E-state index in [0.717, 1.165) is 103 Å². The van der Waals surface area contributed by atoms with E-state index in [2.05, 4.69) is 32.4 Å². The molecule has 0 atom stereocenters. The molecular weight excluding hydrogens is 661 g/mol. The Labute approximate surface area is 286 Å². The number of nitriles is 3. The van der Waals surface area contributed by atoms with E-state index in [-0.39, 0.29) is 19.6 Å². The molecule has 12 nitrogen and oxygen atoms in total. The van der Waals surface area contributed by atoms with E-state index in [4.69, 9.17) is 15.8 Å². The van der Waals surface area contributed by atoms with Gasteiger partial charge in [0.05, 0.1) is 18.2 Å². The van der Waals surface area contributed by atoms with Crippen LogP contribution in [0.2, 0.25) is 0 Å². The molecule has 0 rings (SSSR count). The minimum atomic E-state index is -4.90. The molecule has 0 aliphatic heterocycles. The fourth-order valence-corrected chi connectivity index (χ4v) is 11.6. The van der Waals surface area contributed by atoms with Crippen molar-refractivity contribution in [2.24, 2.45) is 0 Å². The average molecular weight is 721 g/mol. The van der Waals surface area contributed by atoms with Crippen LogP contribution in [0.1, 0.15) is 161 Å². The molecule has 0 saturated heterocycles. The number of nitrogens with zero attached hydrogens (tertiary/aromatic N) is 3. The Kier molecular flexibility index (Phi) is 26.0. The fraction of sp³-hybridized carbons (Fsp3) is 0.906. The summed E-state index contributed by atoms with van der Waals surface area (Å²) in [6.07, 6.45) is 18.7. The van der Waals surface area contributed by atoms with Crippen LogP contribution in [0.3, 0.4) is 0 Å². The van der Waals surface area contributed by atoms with E-state index >= 15 is 0 Å². The molecule has 0 aliphatic carbocycles. The summed E-state index contributed by atoms with van der Waals surface area (Å²) in [5.41, 5.74) is 0. The topological polar surface area (TPSA) is 210 Å². The Bertz CT molecular complexity index is 1110. The third-order valence-electron chi connectivity index (χ3n) is 8.24. The van der Waals surface area contributed by atoms with Crippen LogP contribution in [0.25, 0.3) is 0 Å². The quantitative estimate of drug-likeness (QED) is 0.0644. The minimum Gasteiger partial charge on any atom is -0.213 e. The van der Waals surface area contributed by atoms with Crippen molar-refractivity contribution in [2.75, 3.05) is 19.6 Å².